The van der Waals surface area contributed by atoms with Crippen LogP contribution in [0.15, 0.2) is 59.7 Å². The summed E-state index contributed by atoms with van der Waals surface area (Å²) in [5, 5.41) is 3.33. The first-order valence-electron chi connectivity index (χ1n) is 8.42. The average Bonchev–Trinajstić information content (AvgIpc) is 2.64. The minimum absolute atomic E-state index is 0.0657. The highest BCUT2D eigenvalue weighted by atomic mass is 16.2. The molecule has 3 rings (SSSR count). The number of benzene rings is 2. The molecule has 1 amide bonds. The lowest BCUT2D eigenvalue weighted by Crippen LogP contribution is -2.27. The standard InChI is InChI=1S/C20H21N3O2/c1-3-14(2)15-8-10-16(11-9-15)22-19(24)12-23-13-21-18-7-5-4-6-17(18)20(23)25/h4-11,13-14H,3,12H2,1-2H3,(H,22,24)/t14-/m1/s1. The number of aromatic nitrogens is 2. The van der Waals surface area contributed by atoms with Crippen molar-refractivity contribution in [2.75, 3.05) is 5.32 Å². The van der Waals surface area contributed by atoms with Crippen molar-refractivity contribution in [3.8, 4) is 0 Å². The highest BCUT2D eigenvalue weighted by molar-refractivity contribution is 5.90. The Morgan fingerprint density at radius 2 is 1.88 bits per heavy atom. The van der Waals surface area contributed by atoms with Crippen molar-refractivity contribution in [3.63, 3.8) is 0 Å². The number of carbonyl (C=O) groups is 1. The summed E-state index contributed by atoms with van der Waals surface area (Å²) >= 11 is 0. The monoisotopic (exact) mass is 335 g/mol. The Balaban J connectivity index is 1.72. The number of para-hydroxylation sites is 1. The molecular formula is C20H21N3O2. The number of anilines is 1. The molecule has 0 fully saturated rings. The van der Waals surface area contributed by atoms with Gasteiger partial charge in [-0.15, -0.1) is 0 Å². The number of fused-ring (bicyclic) bond motifs is 1. The Labute approximate surface area is 146 Å². The quantitative estimate of drug-likeness (QED) is 0.775. The zero-order valence-corrected chi connectivity index (χ0v) is 14.4. The fourth-order valence-corrected chi connectivity index (χ4v) is 2.70. The second kappa shape index (κ2) is 7.30. The van der Waals surface area contributed by atoms with E-state index in [-0.39, 0.29) is 18.0 Å². The van der Waals surface area contributed by atoms with Gasteiger partial charge in [0.25, 0.3) is 5.56 Å². The van der Waals surface area contributed by atoms with Crippen molar-refractivity contribution in [2.45, 2.75) is 32.7 Å². The smallest absolute Gasteiger partial charge is 0.261 e. The van der Waals surface area contributed by atoms with Gasteiger partial charge < -0.3 is 5.32 Å². The molecule has 5 heteroatoms. The Hall–Kier alpha value is -2.95. The maximum atomic E-state index is 12.4. The third kappa shape index (κ3) is 3.76. The predicted molar refractivity (Wildman–Crippen MR) is 99.8 cm³/mol. The summed E-state index contributed by atoms with van der Waals surface area (Å²) in [5.74, 6) is 0.238. The van der Waals surface area contributed by atoms with Crippen LogP contribution in [-0.2, 0) is 11.3 Å². The molecule has 1 N–H and O–H groups in total. The number of nitrogens with zero attached hydrogens (tertiary/aromatic N) is 2. The maximum Gasteiger partial charge on any atom is 0.261 e. The molecule has 1 heterocycles. The summed E-state index contributed by atoms with van der Waals surface area (Å²) in [7, 11) is 0. The van der Waals surface area contributed by atoms with Crippen LogP contribution in [0.1, 0.15) is 31.7 Å². The molecule has 25 heavy (non-hydrogen) atoms. The molecule has 1 atom stereocenters. The van der Waals surface area contributed by atoms with Crippen molar-refractivity contribution >= 4 is 22.5 Å². The minimum Gasteiger partial charge on any atom is -0.325 e. The van der Waals surface area contributed by atoms with Gasteiger partial charge in [-0.1, -0.05) is 38.1 Å². The van der Waals surface area contributed by atoms with Crippen LogP contribution in [-0.4, -0.2) is 15.5 Å². The maximum absolute atomic E-state index is 12.4. The van der Waals surface area contributed by atoms with Gasteiger partial charge in [-0.25, -0.2) is 4.98 Å². The fourth-order valence-electron chi connectivity index (χ4n) is 2.70. The molecule has 0 aliphatic carbocycles. The largest absolute Gasteiger partial charge is 0.325 e. The number of amides is 1. The van der Waals surface area contributed by atoms with Crippen LogP contribution in [0.3, 0.4) is 0 Å². The summed E-state index contributed by atoms with van der Waals surface area (Å²) in [5.41, 5.74) is 2.38. The van der Waals surface area contributed by atoms with Crippen molar-refractivity contribution in [1.82, 2.24) is 9.55 Å². The summed E-state index contributed by atoms with van der Waals surface area (Å²) in [6.45, 7) is 4.26. The fraction of sp³-hybridized carbons (Fsp3) is 0.250. The molecule has 0 saturated carbocycles. The summed E-state index contributed by atoms with van der Waals surface area (Å²) in [6.07, 6.45) is 2.49. The normalized spacial score (nSPS) is 12.1. The molecule has 2 aromatic carbocycles. The first-order chi connectivity index (χ1) is 12.1. The van der Waals surface area contributed by atoms with E-state index < -0.39 is 0 Å². The Bertz CT molecular complexity index is 945. The van der Waals surface area contributed by atoms with E-state index >= 15 is 0 Å². The van der Waals surface area contributed by atoms with Crippen LogP contribution in [0.2, 0.25) is 0 Å². The average molecular weight is 335 g/mol. The van der Waals surface area contributed by atoms with Gasteiger partial charge in [0, 0.05) is 5.69 Å². The molecule has 1 aromatic heterocycles. The zero-order valence-electron chi connectivity index (χ0n) is 14.4. The molecule has 128 valence electrons. The summed E-state index contributed by atoms with van der Waals surface area (Å²) < 4.78 is 1.32. The van der Waals surface area contributed by atoms with E-state index in [1.807, 2.05) is 30.3 Å². The SMILES string of the molecule is CC[C@@H](C)c1ccc(NC(=O)Cn2cnc3ccccc3c2=O)cc1. The van der Waals surface area contributed by atoms with Crippen LogP contribution >= 0.6 is 0 Å². The Morgan fingerprint density at radius 1 is 1.16 bits per heavy atom. The van der Waals surface area contributed by atoms with Crippen LogP contribution in [0.5, 0.6) is 0 Å². The van der Waals surface area contributed by atoms with Crippen LogP contribution < -0.4 is 10.9 Å². The highest BCUT2D eigenvalue weighted by Crippen LogP contribution is 2.20. The Morgan fingerprint density at radius 3 is 2.60 bits per heavy atom. The second-order valence-corrected chi connectivity index (χ2v) is 6.17. The zero-order chi connectivity index (χ0) is 17.8. The highest BCUT2D eigenvalue weighted by Gasteiger charge is 2.09. The van der Waals surface area contributed by atoms with E-state index in [2.05, 4.69) is 24.1 Å². The van der Waals surface area contributed by atoms with Crippen molar-refractivity contribution in [3.05, 3.63) is 70.8 Å². The lowest BCUT2D eigenvalue weighted by Gasteiger charge is -2.11. The number of carbonyl (C=O) groups excluding carboxylic acids is 1. The van der Waals surface area contributed by atoms with E-state index in [4.69, 9.17) is 0 Å². The van der Waals surface area contributed by atoms with Gasteiger partial charge in [-0.3, -0.25) is 14.2 Å². The number of hydrogen-bond acceptors (Lipinski definition) is 3. The van der Waals surface area contributed by atoms with Crippen LogP contribution in [0, 0.1) is 0 Å². The van der Waals surface area contributed by atoms with Gasteiger partial charge >= 0.3 is 0 Å². The summed E-state index contributed by atoms with van der Waals surface area (Å²) in [4.78, 5) is 28.9. The molecule has 5 nitrogen and oxygen atoms in total. The van der Waals surface area contributed by atoms with Crippen LogP contribution in [0.25, 0.3) is 10.9 Å². The topological polar surface area (TPSA) is 64.0 Å². The van der Waals surface area contributed by atoms with E-state index in [0.29, 0.717) is 16.8 Å². The van der Waals surface area contributed by atoms with Crippen LogP contribution in [0.4, 0.5) is 5.69 Å². The van der Waals surface area contributed by atoms with E-state index in [9.17, 15) is 9.59 Å². The lowest BCUT2D eigenvalue weighted by atomic mass is 9.99. The first kappa shape index (κ1) is 16.9. The lowest BCUT2D eigenvalue weighted by molar-refractivity contribution is -0.116. The molecule has 0 spiro atoms. The molecular weight excluding hydrogens is 314 g/mol. The van der Waals surface area contributed by atoms with Gasteiger partial charge in [-0.05, 0) is 42.2 Å². The van der Waals surface area contributed by atoms with E-state index in [0.717, 1.165) is 12.1 Å². The molecule has 0 unspecified atom stereocenters. The molecule has 0 aliphatic rings. The van der Waals surface area contributed by atoms with Gasteiger partial charge in [-0.2, -0.15) is 0 Å². The third-order valence-electron chi connectivity index (χ3n) is 4.42. The Kier molecular flexibility index (Phi) is 4.93. The van der Waals surface area contributed by atoms with Crippen molar-refractivity contribution in [1.29, 1.82) is 0 Å². The number of hydrogen-bond donors (Lipinski definition) is 1. The predicted octanol–water partition coefficient (Wildman–Crippen LogP) is 3.55. The van der Waals surface area contributed by atoms with Gasteiger partial charge in [0.2, 0.25) is 5.91 Å². The van der Waals surface area contributed by atoms with Gasteiger partial charge in [0.1, 0.15) is 6.54 Å². The van der Waals surface area contributed by atoms with Gasteiger partial charge in [0.15, 0.2) is 0 Å². The molecule has 0 aliphatic heterocycles. The molecule has 0 radical (unpaired) electrons. The number of nitrogens with one attached hydrogen (secondary N) is 1. The van der Waals surface area contributed by atoms with E-state index in [1.165, 1.54) is 16.5 Å². The minimum atomic E-state index is -0.254. The summed E-state index contributed by atoms with van der Waals surface area (Å²) in [6, 6.07) is 14.9. The third-order valence-corrected chi connectivity index (χ3v) is 4.42. The van der Waals surface area contributed by atoms with E-state index in [1.54, 1.807) is 18.2 Å². The number of rotatable bonds is 5. The van der Waals surface area contributed by atoms with Crippen molar-refractivity contribution < 1.29 is 4.79 Å². The molecule has 3 aromatic rings. The molecule has 0 bridgehead atoms. The van der Waals surface area contributed by atoms with Gasteiger partial charge in [0.05, 0.1) is 17.2 Å². The molecule has 0 saturated heterocycles. The van der Waals surface area contributed by atoms with Crippen molar-refractivity contribution in [2.24, 2.45) is 0 Å². The first-order valence-corrected chi connectivity index (χ1v) is 8.42. The second-order valence-electron chi connectivity index (χ2n) is 6.17.